The van der Waals surface area contributed by atoms with E-state index >= 15 is 0 Å². The van der Waals surface area contributed by atoms with Crippen LogP contribution in [0, 0.1) is 6.92 Å². The van der Waals surface area contributed by atoms with Gasteiger partial charge >= 0.3 is 58.4 Å². The third-order valence-electron chi connectivity index (χ3n) is 2.72. The van der Waals surface area contributed by atoms with Crippen LogP contribution in [-0.4, -0.2) is 12.0 Å². The van der Waals surface area contributed by atoms with Crippen molar-refractivity contribution in [1.29, 1.82) is 0 Å². The van der Waals surface area contributed by atoms with Crippen LogP contribution in [0.25, 0.3) is 0 Å². The van der Waals surface area contributed by atoms with Crippen LogP contribution in [0.3, 0.4) is 0 Å². The summed E-state index contributed by atoms with van der Waals surface area (Å²) in [5.74, 6) is 0.421. The molecule has 0 aliphatic rings. The number of nitrogens with zero attached hydrogens (tertiary/aromatic N) is 1. The Morgan fingerprint density at radius 2 is 1.95 bits per heavy atom. The molecule has 0 N–H and O–H groups in total. The molecular weight excluding hydrogens is 293 g/mol. The van der Waals surface area contributed by atoms with Gasteiger partial charge in [-0.2, -0.15) is 0 Å². The number of pyridine rings is 1. The van der Waals surface area contributed by atoms with Crippen molar-refractivity contribution in [3.63, 3.8) is 0 Å². The minimum Gasteiger partial charge on any atom is -0.489 e. The van der Waals surface area contributed by atoms with E-state index in [1.165, 1.54) is 19.1 Å². The average molecular weight is 305 g/mol. The van der Waals surface area contributed by atoms with Crippen molar-refractivity contribution in [2.45, 2.75) is 13.5 Å². The maximum absolute atomic E-state index is 12.6. The van der Waals surface area contributed by atoms with Crippen molar-refractivity contribution >= 4 is 12.4 Å². The molecule has 0 amide bonds. The molecule has 0 radical (unpaired) electrons. The second kappa shape index (κ2) is 7.61. The molecule has 2 rings (SSSR count). The summed E-state index contributed by atoms with van der Waals surface area (Å²) in [5, 5.41) is 0. The predicted molar refractivity (Wildman–Crippen MR) is 68.5 cm³/mol. The molecule has 100 valence electrons. The third-order valence-corrected chi connectivity index (χ3v) is 2.72. The van der Waals surface area contributed by atoms with Gasteiger partial charge in [0.25, 0.3) is 0 Å². The van der Waals surface area contributed by atoms with E-state index in [1.54, 1.807) is 18.5 Å². The zero-order valence-corrected chi connectivity index (χ0v) is 14.4. The molecular formula is C13H12BF3KNO. The van der Waals surface area contributed by atoms with Crippen molar-refractivity contribution in [3.8, 4) is 5.75 Å². The first-order valence-electron chi connectivity index (χ1n) is 5.79. The molecule has 1 aromatic carbocycles. The molecule has 0 fully saturated rings. The van der Waals surface area contributed by atoms with Crippen molar-refractivity contribution < 1.29 is 69.1 Å². The fraction of sp³-hybridized carbons (Fsp3) is 0.154. The minimum atomic E-state index is -4.97. The van der Waals surface area contributed by atoms with Crippen LogP contribution in [0.5, 0.6) is 5.75 Å². The van der Waals surface area contributed by atoms with Gasteiger partial charge in [0, 0.05) is 18.0 Å². The van der Waals surface area contributed by atoms with Gasteiger partial charge in [-0.1, -0.05) is 17.7 Å². The van der Waals surface area contributed by atoms with Gasteiger partial charge in [0.05, 0.1) is 0 Å². The van der Waals surface area contributed by atoms with Gasteiger partial charge in [-0.15, -0.1) is 5.46 Å². The molecule has 0 spiro atoms. The largest absolute Gasteiger partial charge is 1.00 e. The first kappa shape index (κ1) is 17.7. The Labute approximate surface area is 158 Å². The summed E-state index contributed by atoms with van der Waals surface area (Å²) in [4.78, 5) is 3.93. The van der Waals surface area contributed by atoms with Crippen LogP contribution < -0.4 is 61.6 Å². The van der Waals surface area contributed by atoms with Gasteiger partial charge in [0.15, 0.2) is 0 Å². The third kappa shape index (κ3) is 4.89. The normalized spacial score (nSPS) is 10.8. The number of hydrogen-bond donors (Lipinski definition) is 0. The zero-order valence-electron chi connectivity index (χ0n) is 11.3. The summed E-state index contributed by atoms with van der Waals surface area (Å²) in [6.45, 7) is -3.26. The quantitative estimate of drug-likeness (QED) is 0.744. The standard InChI is InChI=1S/C13H12BF3NO.K/c1-10-7-12(4-5-13(10)14(15,16)17)19-9-11-3-2-6-18-8-11;/h2-8H,9H2,1H3;/q-1;+1. The molecule has 0 aliphatic carbocycles. The van der Waals surface area contributed by atoms with Crippen LogP contribution >= 0.6 is 0 Å². The van der Waals surface area contributed by atoms with E-state index in [9.17, 15) is 12.9 Å². The number of aryl methyl sites for hydroxylation is 1. The number of aromatic nitrogens is 1. The van der Waals surface area contributed by atoms with Crippen molar-refractivity contribution in [2.24, 2.45) is 0 Å². The first-order chi connectivity index (χ1) is 8.97. The van der Waals surface area contributed by atoms with Crippen LogP contribution in [-0.2, 0) is 6.61 Å². The fourth-order valence-corrected chi connectivity index (χ4v) is 1.76. The van der Waals surface area contributed by atoms with Crippen LogP contribution in [0.15, 0.2) is 42.7 Å². The molecule has 1 heterocycles. The Bertz CT molecular complexity index is 563. The molecule has 1 aromatic heterocycles. The van der Waals surface area contributed by atoms with E-state index in [2.05, 4.69) is 4.98 Å². The molecule has 7 heteroatoms. The maximum Gasteiger partial charge on any atom is 1.00 e. The number of ether oxygens (including phenoxy) is 1. The average Bonchev–Trinajstić information content (AvgIpc) is 2.36. The van der Waals surface area contributed by atoms with Crippen LogP contribution in [0.1, 0.15) is 11.1 Å². The Morgan fingerprint density at radius 3 is 2.50 bits per heavy atom. The van der Waals surface area contributed by atoms with Gasteiger partial charge in [-0.05, 0) is 25.1 Å². The molecule has 0 aliphatic heterocycles. The number of hydrogen-bond acceptors (Lipinski definition) is 2. The van der Waals surface area contributed by atoms with E-state index in [-0.39, 0.29) is 63.6 Å². The molecule has 2 aromatic rings. The first-order valence-corrected chi connectivity index (χ1v) is 5.79. The SMILES string of the molecule is Cc1cc(OCc2cccnc2)ccc1[B-](F)(F)F.[K+]. The summed E-state index contributed by atoms with van der Waals surface area (Å²) in [6.07, 6.45) is 3.30. The second-order valence-corrected chi connectivity index (χ2v) is 4.24. The van der Waals surface area contributed by atoms with E-state index in [1.807, 2.05) is 6.07 Å². The number of benzene rings is 1. The van der Waals surface area contributed by atoms with E-state index in [0.29, 0.717) is 5.75 Å². The van der Waals surface area contributed by atoms with E-state index in [0.717, 1.165) is 11.6 Å². The van der Waals surface area contributed by atoms with Crippen molar-refractivity contribution in [2.75, 3.05) is 0 Å². The van der Waals surface area contributed by atoms with Gasteiger partial charge in [-0.3, -0.25) is 4.98 Å². The van der Waals surface area contributed by atoms with Gasteiger partial charge in [0.2, 0.25) is 0 Å². The van der Waals surface area contributed by atoms with Crippen LogP contribution in [0.2, 0.25) is 0 Å². The summed E-state index contributed by atoms with van der Waals surface area (Å²) in [5.41, 5.74) is 0.467. The maximum atomic E-state index is 12.6. The van der Waals surface area contributed by atoms with Crippen molar-refractivity contribution in [3.05, 3.63) is 53.9 Å². The molecule has 0 unspecified atom stereocenters. The summed E-state index contributed by atoms with van der Waals surface area (Å²) < 4.78 is 43.4. The summed E-state index contributed by atoms with van der Waals surface area (Å²) >= 11 is 0. The molecule has 0 atom stereocenters. The molecule has 0 saturated carbocycles. The van der Waals surface area contributed by atoms with Gasteiger partial charge < -0.3 is 17.7 Å². The minimum absolute atomic E-state index is 0. The van der Waals surface area contributed by atoms with E-state index < -0.39 is 12.4 Å². The smallest absolute Gasteiger partial charge is 0.489 e. The summed E-state index contributed by atoms with van der Waals surface area (Å²) in [7, 11) is 0. The molecule has 20 heavy (non-hydrogen) atoms. The number of halogens is 3. The Kier molecular flexibility index (Phi) is 6.74. The topological polar surface area (TPSA) is 22.1 Å². The fourth-order valence-electron chi connectivity index (χ4n) is 1.76. The number of rotatable bonds is 4. The Morgan fingerprint density at radius 1 is 1.20 bits per heavy atom. The Hall–Kier alpha value is -0.339. The zero-order chi connectivity index (χ0) is 13.9. The van der Waals surface area contributed by atoms with E-state index in [4.69, 9.17) is 4.74 Å². The monoisotopic (exact) mass is 305 g/mol. The van der Waals surface area contributed by atoms with Gasteiger partial charge in [-0.25, -0.2) is 0 Å². The van der Waals surface area contributed by atoms with Crippen LogP contribution in [0.4, 0.5) is 12.9 Å². The molecule has 0 saturated heterocycles. The Balaban J connectivity index is 0.00000200. The summed E-state index contributed by atoms with van der Waals surface area (Å²) in [6, 6.07) is 7.43. The molecule has 0 bridgehead atoms. The van der Waals surface area contributed by atoms with Gasteiger partial charge in [0.1, 0.15) is 12.4 Å². The predicted octanol–water partition coefficient (Wildman–Crippen LogP) is 0.0274. The molecule has 2 nitrogen and oxygen atoms in total. The second-order valence-electron chi connectivity index (χ2n) is 4.24. The van der Waals surface area contributed by atoms with Crippen molar-refractivity contribution in [1.82, 2.24) is 4.98 Å².